The molecule has 0 spiro atoms. The minimum absolute atomic E-state index is 0.0000992. The molecule has 0 bridgehead atoms. The molecule has 0 unspecified atom stereocenters. The van der Waals surface area contributed by atoms with E-state index in [0.717, 1.165) is 5.69 Å². The number of rotatable bonds is 4. The maximum absolute atomic E-state index is 11.2. The first-order chi connectivity index (χ1) is 9.28. The van der Waals surface area contributed by atoms with E-state index in [1.807, 2.05) is 18.7 Å². The topological polar surface area (TPSA) is 98.4 Å². The number of anilines is 1. The minimum atomic E-state index is -3.46. The summed E-state index contributed by atoms with van der Waals surface area (Å²) in [7, 11) is -1.90. The van der Waals surface area contributed by atoms with Gasteiger partial charge in [0.1, 0.15) is 0 Å². The van der Waals surface area contributed by atoms with E-state index in [1.54, 1.807) is 13.2 Å². The van der Waals surface area contributed by atoms with E-state index in [-0.39, 0.29) is 17.6 Å². The number of primary sulfonamides is 1. The van der Waals surface area contributed by atoms with Gasteiger partial charge in [-0.2, -0.15) is 4.98 Å². The Labute approximate surface area is 119 Å². The summed E-state index contributed by atoms with van der Waals surface area (Å²) < 4.78 is 27.6. The van der Waals surface area contributed by atoms with Crippen LogP contribution < -0.4 is 14.8 Å². The van der Waals surface area contributed by atoms with Crippen molar-refractivity contribution in [3.05, 3.63) is 11.8 Å². The molecule has 0 saturated carbocycles. The number of hydrogen-bond donors (Lipinski definition) is 1. The number of nitrogens with zero attached hydrogens (tertiary/aromatic N) is 3. The average molecular weight is 300 g/mol. The van der Waals surface area contributed by atoms with Gasteiger partial charge in [0.15, 0.2) is 0 Å². The summed E-state index contributed by atoms with van der Waals surface area (Å²) in [6.07, 6.45) is 0. The predicted octanol–water partition coefficient (Wildman–Crippen LogP) is 0.154. The van der Waals surface area contributed by atoms with Crippen LogP contribution in [0.15, 0.2) is 6.07 Å². The standard InChI is InChI=1S/C12H20N4O3S/c1-8-5-16(6-10(8)7-20(13,17)18)12-14-9(2)4-11(15-12)19-3/h4,8,10H,5-7H2,1-3H3,(H2,13,17,18)/t8-,10+/m1/s1. The van der Waals surface area contributed by atoms with Crippen LogP contribution in [0.4, 0.5) is 5.95 Å². The third-order valence-electron chi connectivity index (χ3n) is 3.53. The molecule has 8 heteroatoms. The number of aryl methyl sites for hydroxylation is 1. The molecular formula is C12H20N4O3S. The molecule has 1 aliphatic rings. The van der Waals surface area contributed by atoms with E-state index in [2.05, 4.69) is 9.97 Å². The van der Waals surface area contributed by atoms with Crippen molar-refractivity contribution in [2.45, 2.75) is 13.8 Å². The quantitative estimate of drug-likeness (QED) is 0.850. The maximum atomic E-state index is 11.2. The lowest BCUT2D eigenvalue weighted by Crippen LogP contribution is -2.28. The number of ether oxygens (including phenoxy) is 1. The smallest absolute Gasteiger partial charge is 0.228 e. The number of methoxy groups -OCH3 is 1. The Kier molecular flexibility index (Phi) is 4.14. The van der Waals surface area contributed by atoms with Gasteiger partial charge in [-0.15, -0.1) is 0 Å². The van der Waals surface area contributed by atoms with Crippen molar-refractivity contribution in [1.29, 1.82) is 0 Å². The van der Waals surface area contributed by atoms with Crippen molar-refractivity contribution in [3.63, 3.8) is 0 Å². The summed E-state index contributed by atoms with van der Waals surface area (Å²) in [4.78, 5) is 10.7. The molecule has 0 radical (unpaired) electrons. The Bertz CT molecular complexity index is 590. The molecular weight excluding hydrogens is 280 g/mol. The lowest BCUT2D eigenvalue weighted by molar-refractivity contribution is 0.396. The van der Waals surface area contributed by atoms with Gasteiger partial charge in [-0.1, -0.05) is 6.92 Å². The van der Waals surface area contributed by atoms with Crippen molar-refractivity contribution in [1.82, 2.24) is 9.97 Å². The van der Waals surface area contributed by atoms with Gasteiger partial charge in [-0.3, -0.25) is 0 Å². The van der Waals surface area contributed by atoms with Crippen LogP contribution >= 0.6 is 0 Å². The van der Waals surface area contributed by atoms with Gasteiger partial charge >= 0.3 is 0 Å². The highest BCUT2D eigenvalue weighted by Crippen LogP contribution is 2.27. The SMILES string of the molecule is COc1cc(C)nc(N2C[C@@H](CS(N)(=O)=O)[C@H](C)C2)n1. The summed E-state index contributed by atoms with van der Waals surface area (Å²) >= 11 is 0. The maximum Gasteiger partial charge on any atom is 0.228 e. The van der Waals surface area contributed by atoms with Gasteiger partial charge in [0.05, 0.1) is 12.9 Å². The second-order valence-electron chi connectivity index (χ2n) is 5.32. The fraction of sp³-hybridized carbons (Fsp3) is 0.667. The lowest BCUT2D eigenvalue weighted by atomic mass is 10.0. The van der Waals surface area contributed by atoms with Gasteiger partial charge in [0.2, 0.25) is 21.9 Å². The Hall–Kier alpha value is -1.41. The Morgan fingerprint density at radius 2 is 2.15 bits per heavy atom. The molecule has 0 aliphatic carbocycles. The Balaban J connectivity index is 2.17. The summed E-state index contributed by atoms with van der Waals surface area (Å²) in [5.74, 6) is 1.30. The zero-order valence-electron chi connectivity index (χ0n) is 11.9. The van der Waals surface area contributed by atoms with Gasteiger partial charge < -0.3 is 9.64 Å². The van der Waals surface area contributed by atoms with Crippen molar-refractivity contribution in [2.24, 2.45) is 17.0 Å². The van der Waals surface area contributed by atoms with Gasteiger partial charge in [0, 0.05) is 24.8 Å². The highest BCUT2D eigenvalue weighted by Gasteiger charge is 2.33. The molecule has 1 saturated heterocycles. The molecule has 2 rings (SSSR count). The van der Waals surface area contributed by atoms with Crippen molar-refractivity contribution >= 4 is 16.0 Å². The van der Waals surface area contributed by atoms with E-state index >= 15 is 0 Å². The molecule has 2 atom stereocenters. The normalized spacial score (nSPS) is 23.1. The molecule has 1 aliphatic heterocycles. The minimum Gasteiger partial charge on any atom is -0.481 e. The first-order valence-corrected chi connectivity index (χ1v) is 8.15. The van der Waals surface area contributed by atoms with Crippen LogP contribution in [-0.4, -0.2) is 44.3 Å². The van der Waals surface area contributed by atoms with Crippen molar-refractivity contribution in [2.75, 3.05) is 30.9 Å². The Morgan fingerprint density at radius 1 is 1.45 bits per heavy atom. The van der Waals surface area contributed by atoms with Crippen LogP contribution in [-0.2, 0) is 10.0 Å². The van der Waals surface area contributed by atoms with E-state index in [0.29, 0.717) is 24.9 Å². The third kappa shape index (κ3) is 3.57. The summed E-state index contributed by atoms with van der Waals surface area (Å²) in [6.45, 7) is 5.19. The van der Waals surface area contributed by atoms with Crippen LogP contribution in [0, 0.1) is 18.8 Å². The van der Waals surface area contributed by atoms with Gasteiger partial charge in [-0.05, 0) is 18.8 Å². The predicted molar refractivity (Wildman–Crippen MR) is 76.2 cm³/mol. The zero-order chi connectivity index (χ0) is 14.9. The lowest BCUT2D eigenvalue weighted by Gasteiger charge is -2.17. The van der Waals surface area contributed by atoms with Crippen molar-refractivity contribution < 1.29 is 13.2 Å². The highest BCUT2D eigenvalue weighted by molar-refractivity contribution is 7.89. The van der Waals surface area contributed by atoms with E-state index in [1.165, 1.54) is 0 Å². The van der Waals surface area contributed by atoms with Crippen molar-refractivity contribution in [3.8, 4) is 5.88 Å². The second-order valence-corrected chi connectivity index (χ2v) is 6.98. The van der Waals surface area contributed by atoms with E-state index in [9.17, 15) is 8.42 Å². The molecule has 20 heavy (non-hydrogen) atoms. The summed E-state index contributed by atoms with van der Waals surface area (Å²) in [5, 5.41) is 5.13. The van der Waals surface area contributed by atoms with Crippen LogP contribution in [0.1, 0.15) is 12.6 Å². The number of sulfonamides is 1. The molecule has 0 aromatic carbocycles. The average Bonchev–Trinajstić information content (AvgIpc) is 2.68. The second kappa shape index (κ2) is 5.53. The first-order valence-electron chi connectivity index (χ1n) is 6.43. The van der Waals surface area contributed by atoms with E-state index in [4.69, 9.17) is 9.88 Å². The molecule has 0 amide bonds. The fourth-order valence-electron chi connectivity index (χ4n) is 2.48. The highest BCUT2D eigenvalue weighted by atomic mass is 32.2. The first kappa shape index (κ1) is 15.0. The van der Waals surface area contributed by atoms with E-state index < -0.39 is 10.0 Å². The molecule has 7 nitrogen and oxygen atoms in total. The monoisotopic (exact) mass is 300 g/mol. The Morgan fingerprint density at radius 3 is 2.75 bits per heavy atom. The van der Waals surface area contributed by atoms with Gasteiger partial charge in [-0.25, -0.2) is 18.5 Å². The van der Waals surface area contributed by atoms with Crippen LogP contribution in [0.5, 0.6) is 5.88 Å². The fourth-order valence-corrected chi connectivity index (χ4v) is 3.51. The molecule has 112 valence electrons. The molecule has 1 fully saturated rings. The van der Waals surface area contributed by atoms with Crippen LogP contribution in [0.2, 0.25) is 0 Å². The molecule has 2 N–H and O–H groups in total. The molecule has 1 aromatic rings. The molecule has 2 heterocycles. The molecule has 1 aromatic heterocycles. The summed E-state index contributed by atoms with van der Waals surface area (Å²) in [5.41, 5.74) is 0.814. The number of hydrogen-bond acceptors (Lipinski definition) is 6. The number of aromatic nitrogens is 2. The number of nitrogens with two attached hydrogens (primary N) is 1. The third-order valence-corrected chi connectivity index (χ3v) is 4.42. The van der Waals surface area contributed by atoms with Crippen LogP contribution in [0.3, 0.4) is 0 Å². The zero-order valence-corrected chi connectivity index (χ0v) is 12.7. The largest absolute Gasteiger partial charge is 0.481 e. The van der Waals surface area contributed by atoms with Gasteiger partial charge in [0.25, 0.3) is 0 Å². The summed E-state index contributed by atoms with van der Waals surface area (Å²) in [6, 6.07) is 1.75. The van der Waals surface area contributed by atoms with Crippen LogP contribution in [0.25, 0.3) is 0 Å².